The molecule has 0 atom stereocenters. The second-order valence-electron chi connectivity index (χ2n) is 5.45. The number of hydrogen-bond acceptors (Lipinski definition) is 5. The lowest BCUT2D eigenvalue weighted by atomic mass is 9.80. The van der Waals surface area contributed by atoms with Crippen molar-refractivity contribution in [2.45, 2.75) is 43.9 Å². The lowest BCUT2D eigenvalue weighted by molar-refractivity contribution is 0.257. The molecule has 1 fully saturated rings. The van der Waals surface area contributed by atoms with Crippen molar-refractivity contribution in [1.29, 1.82) is 0 Å². The molecule has 6 heteroatoms. The summed E-state index contributed by atoms with van der Waals surface area (Å²) < 4.78 is 6.62. The summed E-state index contributed by atoms with van der Waals surface area (Å²) in [5.41, 5.74) is 5.94. The van der Waals surface area contributed by atoms with Gasteiger partial charge in [-0.2, -0.15) is 4.98 Å². The molecule has 2 heterocycles. The van der Waals surface area contributed by atoms with Gasteiger partial charge in [0.1, 0.15) is 0 Å². The van der Waals surface area contributed by atoms with E-state index in [1.165, 1.54) is 25.7 Å². The molecule has 108 valence electrons. The zero-order valence-corrected chi connectivity index (χ0v) is 13.7. The minimum atomic E-state index is -0.115. The van der Waals surface area contributed by atoms with Gasteiger partial charge < -0.3 is 10.3 Å². The predicted molar refractivity (Wildman–Crippen MR) is 83.7 cm³/mol. The summed E-state index contributed by atoms with van der Waals surface area (Å²) in [4.78, 5) is 5.65. The van der Waals surface area contributed by atoms with Gasteiger partial charge in [0.25, 0.3) is 0 Å². The highest BCUT2D eigenvalue weighted by atomic mass is 79.9. The number of thiophene rings is 1. The fourth-order valence-corrected chi connectivity index (χ4v) is 4.23. The second-order valence-corrected chi connectivity index (χ2v) is 7.28. The molecule has 0 aromatic carbocycles. The zero-order valence-electron chi connectivity index (χ0n) is 11.3. The van der Waals surface area contributed by atoms with Crippen molar-refractivity contribution in [3.63, 3.8) is 0 Å². The van der Waals surface area contributed by atoms with E-state index in [1.807, 2.05) is 11.4 Å². The van der Waals surface area contributed by atoms with Crippen molar-refractivity contribution in [2.75, 3.05) is 6.54 Å². The second kappa shape index (κ2) is 5.95. The third kappa shape index (κ3) is 2.69. The van der Waals surface area contributed by atoms with Crippen LogP contribution >= 0.6 is 27.3 Å². The van der Waals surface area contributed by atoms with Crippen LogP contribution in [0.2, 0.25) is 0 Å². The first kappa shape index (κ1) is 14.2. The summed E-state index contributed by atoms with van der Waals surface area (Å²) in [5.74, 6) is 1.40. The van der Waals surface area contributed by atoms with E-state index in [1.54, 1.807) is 11.3 Å². The van der Waals surface area contributed by atoms with E-state index in [0.717, 1.165) is 28.1 Å². The topological polar surface area (TPSA) is 64.9 Å². The van der Waals surface area contributed by atoms with E-state index < -0.39 is 0 Å². The van der Waals surface area contributed by atoms with Crippen molar-refractivity contribution in [2.24, 2.45) is 5.73 Å². The van der Waals surface area contributed by atoms with Gasteiger partial charge in [-0.3, -0.25) is 0 Å². The molecule has 20 heavy (non-hydrogen) atoms. The summed E-state index contributed by atoms with van der Waals surface area (Å²) in [7, 11) is 0. The average molecular weight is 356 g/mol. The first-order valence-corrected chi connectivity index (χ1v) is 8.69. The Morgan fingerprint density at radius 2 is 2.05 bits per heavy atom. The molecular formula is C14H18BrN3OS. The average Bonchev–Trinajstić information content (AvgIpc) is 3.03. The third-order valence-corrected chi connectivity index (χ3v) is 5.81. The van der Waals surface area contributed by atoms with Crippen LogP contribution in [0, 0.1) is 0 Å². The van der Waals surface area contributed by atoms with Gasteiger partial charge >= 0.3 is 0 Å². The molecule has 4 nitrogen and oxygen atoms in total. The molecule has 0 spiro atoms. The van der Waals surface area contributed by atoms with Crippen LogP contribution in [0.15, 0.2) is 20.4 Å². The Balaban J connectivity index is 1.91. The first-order valence-electron chi connectivity index (χ1n) is 7.02. The van der Waals surface area contributed by atoms with Gasteiger partial charge in [0, 0.05) is 16.4 Å². The van der Waals surface area contributed by atoms with Gasteiger partial charge in [0.05, 0.1) is 10.3 Å². The van der Waals surface area contributed by atoms with Crippen LogP contribution in [0.25, 0.3) is 10.7 Å². The van der Waals surface area contributed by atoms with Crippen LogP contribution in [0.4, 0.5) is 0 Å². The van der Waals surface area contributed by atoms with Gasteiger partial charge in [-0.05, 0) is 34.8 Å². The summed E-state index contributed by atoms with van der Waals surface area (Å²) in [5, 5.41) is 6.17. The Labute approximate surface area is 130 Å². The van der Waals surface area contributed by atoms with Crippen LogP contribution in [0.5, 0.6) is 0 Å². The fourth-order valence-electron chi connectivity index (χ4n) is 2.88. The molecule has 0 radical (unpaired) electrons. The Morgan fingerprint density at radius 1 is 1.30 bits per heavy atom. The Kier molecular flexibility index (Phi) is 4.23. The van der Waals surface area contributed by atoms with Gasteiger partial charge in [0.15, 0.2) is 0 Å². The van der Waals surface area contributed by atoms with Gasteiger partial charge in [-0.1, -0.05) is 30.8 Å². The highest BCUT2D eigenvalue weighted by molar-refractivity contribution is 9.10. The van der Waals surface area contributed by atoms with Gasteiger partial charge in [0.2, 0.25) is 11.7 Å². The molecule has 2 N–H and O–H groups in total. The van der Waals surface area contributed by atoms with Crippen LogP contribution in [-0.4, -0.2) is 16.7 Å². The molecule has 0 unspecified atom stereocenters. The number of nitrogens with zero attached hydrogens (tertiary/aromatic N) is 2. The fraction of sp³-hybridized carbons (Fsp3) is 0.571. The van der Waals surface area contributed by atoms with Crippen LogP contribution in [0.3, 0.4) is 0 Å². The maximum Gasteiger partial charge on any atom is 0.234 e. The maximum atomic E-state index is 6.06. The molecule has 1 aliphatic rings. The number of aromatic nitrogens is 2. The lowest BCUT2D eigenvalue weighted by Gasteiger charge is -2.26. The van der Waals surface area contributed by atoms with Crippen molar-refractivity contribution in [1.82, 2.24) is 10.1 Å². The number of hydrogen-bond donors (Lipinski definition) is 1. The lowest BCUT2D eigenvalue weighted by Crippen LogP contribution is -2.35. The minimum Gasteiger partial charge on any atom is -0.338 e. The molecule has 0 bridgehead atoms. The van der Waals surface area contributed by atoms with Gasteiger partial charge in [-0.25, -0.2) is 0 Å². The Hall–Kier alpha value is -0.720. The van der Waals surface area contributed by atoms with E-state index in [4.69, 9.17) is 10.3 Å². The Morgan fingerprint density at radius 3 is 2.65 bits per heavy atom. The normalized spacial score (nSPS) is 18.9. The highest BCUT2D eigenvalue weighted by Crippen LogP contribution is 2.38. The Bertz CT molecular complexity index is 572. The number of halogens is 1. The van der Waals surface area contributed by atoms with E-state index in [-0.39, 0.29) is 5.41 Å². The molecular weight excluding hydrogens is 338 g/mol. The first-order chi connectivity index (χ1) is 9.73. The van der Waals surface area contributed by atoms with Gasteiger partial charge in [-0.15, -0.1) is 11.3 Å². The maximum absolute atomic E-state index is 6.06. The molecule has 3 rings (SSSR count). The zero-order chi connectivity index (χ0) is 14.0. The van der Waals surface area contributed by atoms with Crippen molar-refractivity contribution in [3.05, 3.63) is 21.8 Å². The van der Waals surface area contributed by atoms with E-state index in [9.17, 15) is 0 Å². The molecule has 1 saturated carbocycles. The van der Waals surface area contributed by atoms with Crippen LogP contribution in [-0.2, 0) is 5.41 Å². The smallest absolute Gasteiger partial charge is 0.234 e. The van der Waals surface area contributed by atoms with E-state index >= 15 is 0 Å². The largest absolute Gasteiger partial charge is 0.338 e. The molecule has 0 saturated heterocycles. The summed E-state index contributed by atoms with van der Waals surface area (Å²) in [6.45, 7) is 0.586. The van der Waals surface area contributed by atoms with Crippen LogP contribution < -0.4 is 5.73 Å². The van der Waals surface area contributed by atoms with Crippen LogP contribution in [0.1, 0.15) is 44.4 Å². The highest BCUT2D eigenvalue weighted by Gasteiger charge is 2.37. The molecule has 1 aliphatic carbocycles. The SMILES string of the molecule is NCC1(c2nc(-c3cc(Br)cs3)no2)CCCCCC1. The molecule has 0 amide bonds. The number of nitrogens with two attached hydrogens (primary N) is 1. The molecule has 0 aliphatic heterocycles. The standard InChI is InChI=1S/C14H18BrN3OS/c15-10-7-11(20-8-10)12-17-13(19-18-12)14(9-16)5-3-1-2-4-6-14/h7-8H,1-6,9,16H2. The van der Waals surface area contributed by atoms with E-state index in [2.05, 4.69) is 26.1 Å². The summed E-state index contributed by atoms with van der Waals surface area (Å²) in [6, 6.07) is 2.02. The van der Waals surface area contributed by atoms with Crippen molar-refractivity contribution < 1.29 is 4.52 Å². The minimum absolute atomic E-state index is 0.115. The summed E-state index contributed by atoms with van der Waals surface area (Å²) in [6.07, 6.45) is 7.05. The van der Waals surface area contributed by atoms with Crippen molar-refractivity contribution in [3.8, 4) is 10.7 Å². The van der Waals surface area contributed by atoms with Crippen molar-refractivity contribution >= 4 is 27.3 Å². The monoisotopic (exact) mass is 355 g/mol. The molecule has 2 aromatic heterocycles. The quantitative estimate of drug-likeness (QED) is 0.841. The van der Waals surface area contributed by atoms with E-state index in [0.29, 0.717) is 12.4 Å². The third-order valence-electron chi connectivity index (χ3n) is 4.12. The summed E-state index contributed by atoms with van der Waals surface area (Å²) >= 11 is 5.06. The molecule has 2 aromatic rings. The predicted octanol–water partition coefficient (Wildman–Crippen LogP) is 4.11. The number of rotatable bonds is 3.